The van der Waals surface area contributed by atoms with Crippen molar-refractivity contribution in [1.82, 2.24) is 15.1 Å². The van der Waals surface area contributed by atoms with Gasteiger partial charge < -0.3 is 14.4 Å². The van der Waals surface area contributed by atoms with Crippen LogP contribution in [0, 0.1) is 6.92 Å². The fourth-order valence-corrected chi connectivity index (χ4v) is 3.49. The first-order valence-electron chi connectivity index (χ1n) is 9.28. The first kappa shape index (κ1) is 17.5. The Morgan fingerprint density at radius 1 is 1.00 bits per heavy atom. The topological polar surface area (TPSA) is 65.6 Å². The zero-order valence-corrected chi connectivity index (χ0v) is 15.7. The number of phenolic OH excluding ortho intramolecular Hbond substituents is 1. The van der Waals surface area contributed by atoms with Crippen LogP contribution in [-0.4, -0.2) is 46.4 Å². The van der Waals surface area contributed by atoms with Crippen molar-refractivity contribution < 1.29 is 9.52 Å². The predicted octanol–water partition coefficient (Wildman–Crippen LogP) is 3.63. The molecule has 1 N–H and O–H groups in total. The Kier molecular flexibility index (Phi) is 4.81. The number of aromatic hydroxyl groups is 1. The minimum absolute atomic E-state index is 0.0815. The fraction of sp³-hybridized carbons (Fsp3) is 0.333. The van der Waals surface area contributed by atoms with E-state index in [2.05, 4.69) is 46.0 Å². The van der Waals surface area contributed by atoms with Gasteiger partial charge in [-0.25, -0.2) is 0 Å². The van der Waals surface area contributed by atoms with Crippen LogP contribution in [0.1, 0.15) is 24.4 Å². The molecule has 0 aliphatic carbocycles. The van der Waals surface area contributed by atoms with E-state index >= 15 is 0 Å². The van der Waals surface area contributed by atoms with E-state index in [-0.39, 0.29) is 6.04 Å². The van der Waals surface area contributed by atoms with Gasteiger partial charge in [0.2, 0.25) is 11.8 Å². The van der Waals surface area contributed by atoms with Gasteiger partial charge in [-0.15, -0.1) is 10.2 Å². The summed E-state index contributed by atoms with van der Waals surface area (Å²) >= 11 is 0. The highest BCUT2D eigenvalue weighted by molar-refractivity contribution is 5.53. The van der Waals surface area contributed by atoms with E-state index in [1.807, 2.05) is 24.3 Å². The largest absolute Gasteiger partial charge is 0.508 e. The number of aryl methyl sites for hydroxylation is 1. The van der Waals surface area contributed by atoms with E-state index in [0.717, 1.165) is 37.4 Å². The van der Waals surface area contributed by atoms with Crippen molar-refractivity contribution in [1.29, 1.82) is 0 Å². The van der Waals surface area contributed by atoms with E-state index in [1.54, 1.807) is 12.1 Å². The Labute approximate surface area is 159 Å². The minimum Gasteiger partial charge on any atom is -0.508 e. The average molecular weight is 364 g/mol. The lowest BCUT2D eigenvalue weighted by atomic mass is 10.1. The van der Waals surface area contributed by atoms with Gasteiger partial charge in [-0.2, -0.15) is 0 Å². The molecule has 3 aromatic rings. The third-order valence-corrected chi connectivity index (χ3v) is 5.14. The summed E-state index contributed by atoms with van der Waals surface area (Å²) in [7, 11) is 0. The molecule has 6 heteroatoms. The summed E-state index contributed by atoms with van der Waals surface area (Å²) in [5.74, 6) is 1.53. The normalized spacial score (nSPS) is 16.4. The molecule has 0 bridgehead atoms. The molecular formula is C21H24N4O2. The van der Waals surface area contributed by atoms with E-state index in [9.17, 15) is 5.11 Å². The molecule has 2 heterocycles. The maximum atomic E-state index is 9.45. The highest BCUT2D eigenvalue weighted by Crippen LogP contribution is 2.26. The van der Waals surface area contributed by atoms with Crippen molar-refractivity contribution in [3.63, 3.8) is 0 Å². The number of piperazine rings is 1. The van der Waals surface area contributed by atoms with Crippen LogP contribution in [0.5, 0.6) is 5.75 Å². The first-order chi connectivity index (χ1) is 13.1. The van der Waals surface area contributed by atoms with E-state index in [4.69, 9.17) is 4.42 Å². The quantitative estimate of drug-likeness (QED) is 0.763. The summed E-state index contributed by atoms with van der Waals surface area (Å²) < 4.78 is 5.96. The molecule has 0 radical (unpaired) electrons. The lowest BCUT2D eigenvalue weighted by Gasteiger charge is -2.38. The second-order valence-electron chi connectivity index (χ2n) is 7.03. The van der Waals surface area contributed by atoms with E-state index in [0.29, 0.717) is 17.5 Å². The van der Waals surface area contributed by atoms with Crippen molar-refractivity contribution in [2.24, 2.45) is 0 Å². The van der Waals surface area contributed by atoms with Crippen LogP contribution in [-0.2, 0) is 0 Å². The molecule has 1 aromatic heterocycles. The van der Waals surface area contributed by atoms with E-state index < -0.39 is 0 Å². The summed E-state index contributed by atoms with van der Waals surface area (Å²) in [6, 6.07) is 15.6. The molecule has 4 rings (SSSR count). The van der Waals surface area contributed by atoms with Crippen LogP contribution < -0.4 is 4.90 Å². The SMILES string of the molecule is Cc1cccc(-c2nnc([C@@H](C)N3CCN(c4ccc(O)cc4)CC3)o2)c1. The minimum atomic E-state index is 0.0815. The molecule has 0 spiro atoms. The number of rotatable bonds is 4. The van der Waals surface area contributed by atoms with Crippen molar-refractivity contribution in [3.05, 3.63) is 60.0 Å². The monoisotopic (exact) mass is 364 g/mol. The second kappa shape index (κ2) is 7.40. The first-order valence-corrected chi connectivity index (χ1v) is 9.28. The van der Waals surface area contributed by atoms with Crippen molar-refractivity contribution in [2.45, 2.75) is 19.9 Å². The molecule has 1 saturated heterocycles. The molecule has 0 unspecified atom stereocenters. The fourth-order valence-electron chi connectivity index (χ4n) is 3.49. The van der Waals surface area contributed by atoms with Gasteiger partial charge in [-0.1, -0.05) is 17.7 Å². The number of hydrogen-bond donors (Lipinski definition) is 1. The Hall–Kier alpha value is -2.86. The van der Waals surface area contributed by atoms with Crippen molar-refractivity contribution in [3.8, 4) is 17.2 Å². The zero-order chi connectivity index (χ0) is 18.8. The zero-order valence-electron chi connectivity index (χ0n) is 15.7. The molecule has 2 aromatic carbocycles. The number of benzene rings is 2. The number of phenols is 1. The Balaban J connectivity index is 1.41. The van der Waals surface area contributed by atoms with Gasteiger partial charge in [-0.05, 0) is 50.2 Å². The lowest BCUT2D eigenvalue weighted by Crippen LogP contribution is -2.47. The molecule has 1 fully saturated rings. The van der Waals surface area contributed by atoms with Gasteiger partial charge >= 0.3 is 0 Å². The van der Waals surface area contributed by atoms with Gasteiger partial charge in [0.15, 0.2) is 0 Å². The molecule has 27 heavy (non-hydrogen) atoms. The molecule has 140 valence electrons. The predicted molar refractivity (Wildman–Crippen MR) is 105 cm³/mol. The Morgan fingerprint density at radius 3 is 2.44 bits per heavy atom. The number of anilines is 1. The summed E-state index contributed by atoms with van der Waals surface area (Å²) in [6.07, 6.45) is 0. The van der Waals surface area contributed by atoms with Crippen LogP contribution in [0.15, 0.2) is 52.9 Å². The van der Waals surface area contributed by atoms with Gasteiger partial charge in [0.05, 0.1) is 6.04 Å². The van der Waals surface area contributed by atoms with Gasteiger partial charge in [-0.3, -0.25) is 4.90 Å². The molecule has 0 amide bonds. The maximum Gasteiger partial charge on any atom is 0.247 e. The second-order valence-corrected chi connectivity index (χ2v) is 7.03. The molecular weight excluding hydrogens is 340 g/mol. The number of nitrogens with zero attached hydrogens (tertiary/aromatic N) is 4. The molecule has 1 atom stereocenters. The Morgan fingerprint density at radius 2 is 1.74 bits per heavy atom. The summed E-state index contributed by atoms with van der Waals surface area (Å²) in [5, 5.41) is 18.0. The van der Waals surface area contributed by atoms with Crippen LogP contribution in [0.4, 0.5) is 5.69 Å². The highest BCUT2D eigenvalue weighted by Gasteiger charge is 2.26. The summed E-state index contributed by atoms with van der Waals surface area (Å²) in [6.45, 7) is 7.86. The van der Waals surface area contributed by atoms with Crippen molar-refractivity contribution >= 4 is 5.69 Å². The van der Waals surface area contributed by atoms with Crippen LogP contribution in [0.2, 0.25) is 0 Å². The Bertz CT molecular complexity index is 899. The molecule has 0 saturated carbocycles. The smallest absolute Gasteiger partial charge is 0.247 e. The van der Waals surface area contributed by atoms with Gasteiger partial charge in [0.1, 0.15) is 5.75 Å². The standard InChI is InChI=1S/C21H24N4O2/c1-15-4-3-5-17(14-15)21-23-22-20(27-21)16(2)24-10-12-25(13-11-24)18-6-8-19(26)9-7-18/h3-9,14,16,26H,10-13H2,1-2H3/t16-/m1/s1. The third kappa shape index (κ3) is 3.80. The van der Waals surface area contributed by atoms with E-state index in [1.165, 1.54) is 5.56 Å². The summed E-state index contributed by atoms with van der Waals surface area (Å²) in [5.41, 5.74) is 3.27. The van der Waals surface area contributed by atoms with Gasteiger partial charge in [0.25, 0.3) is 0 Å². The lowest BCUT2D eigenvalue weighted by molar-refractivity contribution is 0.174. The van der Waals surface area contributed by atoms with Crippen LogP contribution >= 0.6 is 0 Å². The molecule has 1 aliphatic rings. The summed E-state index contributed by atoms with van der Waals surface area (Å²) in [4.78, 5) is 4.69. The molecule has 1 aliphatic heterocycles. The molecule has 6 nitrogen and oxygen atoms in total. The van der Waals surface area contributed by atoms with Crippen LogP contribution in [0.25, 0.3) is 11.5 Å². The highest BCUT2D eigenvalue weighted by atomic mass is 16.4. The maximum absolute atomic E-state index is 9.45. The van der Waals surface area contributed by atoms with Gasteiger partial charge in [0, 0.05) is 37.4 Å². The number of hydrogen-bond acceptors (Lipinski definition) is 6. The van der Waals surface area contributed by atoms with Crippen molar-refractivity contribution in [2.75, 3.05) is 31.1 Å². The van der Waals surface area contributed by atoms with Crippen LogP contribution in [0.3, 0.4) is 0 Å². The average Bonchev–Trinajstić information content (AvgIpc) is 3.18. The third-order valence-electron chi connectivity index (χ3n) is 5.14. The number of aromatic nitrogens is 2.